The highest BCUT2D eigenvalue weighted by Crippen LogP contribution is 2.29. The molecule has 1 fully saturated rings. The van der Waals surface area contributed by atoms with Crippen molar-refractivity contribution in [3.05, 3.63) is 29.3 Å². The summed E-state index contributed by atoms with van der Waals surface area (Å²) in [6, 6.07) is 6.08. The molecule has 4 nitrogen and oxygen atoms in total. The van der Waals surface area contributed by atoms with E-state index in [1.807, 2.05) is 24.0 Å². The Labute approximate surface area is 127 Å². The number of carbonyl (C=O) groups is 1. The molecule has 1 N–H and O–H groups in total. The summed E-state index contributed by atoms with van der Waals surface area (Å²) in [7, 11) is 1.68. The highest BCUT2D eigenvalue weighted by atomic mass is 16.5. The van der Waals surface area contributed by atoms with Crippen LogP contribution >= 0.6 is 0 Å². The van der Waals surface area contributed by atoms with Gasteiger partial charge in [0.1, 0.15) is 11.9 Å². The van der Waals surface area contributed by atoms with Gasteiger partial charge in [-0.1, -0.05) is 26.3 Å². The van der Waals surface area contributed by atoms with Crippen molar-refractivity contribution in [2.75, 3.05) is 13.7 Å². The van der Waals surface area contributed by atoms with Crippen LogP contribution < -0.4 is 10.1 Å². The van der Waals surface area contributed by atoms with Crippen molar-refractivity contribution in [3.8, 4) is 5.75 Å². The molecule has 0 spiro atoms. The molecular weight excluding hydrogens is 264 g/mol. The topological polar surface area (TPSA) is 41.6 Å². The Morgan fingerprint density at radius 1 is 1.33 bits per heavy atom. The van der Waals surface area contributed by atoms with Crippen LogP contribution in [0.4, 0.5) is 0 Å². The summed E-state index contributed by atoms with van der Waals surface area (Å²) in [5.41, 5.74) is 2.23. The quantitative estimate of drug-likeness (QED) is 0.875. The lowest BCUT2D eigenvalue weighted by atomic mass is 10.1. The van der Waals surface area contributed by atoms with Crippen molar-refractivity contribution in [3.63, 3.8) is 0 Å². The number of unbranched alkanes of at least 4 members (excludes halogenated alkanes) is 1. The molecule has 1 aliphatic rings. The van der Waals surface area contributed by atoms with Gasteiger partial charge in [-0.25, -0.2) is 0 Å². The number of hydrogen-bond donors (Lipinski definition) is 1. The number of nitrogens with one attached hydrogen (secondary N) is 1. The predicted molar refractivity (Wildman–Crippen MR) is 84.3 cm³/mol. The van der Waals surface area contributed by atoms with E-state index in [1.165, 1.54) is 0 Å². The molecule has 1 amide bonds. The van der Waals surface area contributed by atoms with Crippen LogP contribution in [0.1, 0.15) is 50.4 Å². The molecule has 0 radical (unpaired) electrons. The zero-order chi connectivity index (χ0) is 15.4. The van der Waals surface area contributed by atoms with Crippen molar-refractivity contribution in [1.82, 2.24) is 10.2 Å². The molecule has 4 heteroatoms. The van der Waals surface area contributed by atoms with E-state index in [0.29, 0.717) is 0 Å². The van der Waals surface area contributed by atoms with Crippen LogP contribution in [0, 0.1) is 6.92 Å². The van der Waals surface area contributed by atoms with Crippen molar-refractivity contribution in [1.29, 1.82) is 0 Å². The minimum Gasteiger partial charge on any atom is -0.496 e. The van der Waals surface area contributed by atoms with Crippen LogP contribution in [0.2, 0.25) is 0 Å². The first kappa shape index (κ1) is 15.8. The van der Waals surface area contributed by atoms with E-state index in [2.05, 4.69) is 25.2 Å². The molecule has 1 aliphatic heterocycles. The van der Waals surface area contributed by atoms with E-state index in [-0.39, 0.29) is 18.1 Å². The van der Waals surface area contributed by atoms with E-state index in [4.69, 9.17) is 4.74 Å². The van der Waals surface area contributed by atoms with E-state index < -0.39 is 0 Å². The van der Waals surface area contributed by atoms with E-state index in [1.54, 1.807) is 7.11 Å². The predicted octanol–water partition coefficient (Wildman–Crippen LogP) is 3.01. The first-order chi connectivity index (χ1) is 10.1. The second kappa shape index (κ2) is 6.94. The number of nitrogens with zero attached hydrogens (tertiary/aromatic N) is 1. The minimum absolute atomic E-state index is 0.0152. The minimum atomic E-state index is -0.0609. The summed E-state index contributed by atoms with van der Waals surface area (Å²) < 4.78 is 5.32. The summed E-state index contributed by atoms with van der Waals surface area (Å²) in [4.78, 5) is 14.5. The normalized spacial score (nSPS) is 21.9. The SMILES string of the molecule is CCCCN1C(=O)C(CC)NC1c1ccc(OC)c(C)c1. The van der Waals surface area contributed by atoms with Crippen LogP contribution in [0.15, 0.2) is 18.2 Å². The number of aryl methyl sites for hydroxylation is 1. The largest absolute Gasteiger partial charge is 0.496 e. The van der Waals surface area contributed by atoms with E-state index >= 15 is 0 Å². The van der Waals surface area contributed by atoms with Gasteiger partial charge in [-0.2, -0.15) is 0 Å². The number of ether oxygens (including phenoxy) is 1. The smallest absolute Gasteiger partial charge is 0.241 e. The third kappa shape index (κ3) is 3.21. The second-order valence-electron chi connectivity index (χ2n) is 5.64. The maximum atomic E-state index is 12.5. The zero-order valence-corrected chi connectivity index (χ0v) is 13.5. The Kier molecular flexibility index (Phi) is 5.23. The molecule has 1 aromatic rings. The third-order valence-corrected chi connectivity index (χ3v) is 4.15. The molecule has 21 heavy (non-hydrogen) atoms. The summed E-state index contributed by atoms with van der Waals surface area (Å²) in [6.07, 6.45) is 2.94. The van der Waals surface area contributed by atoms with Crippen LogP contribution in [-0.4, -0.2) is 30.5 Å². The summed E-state index contributed by atoms with van der Waals surface area (Å²) >= 11 is 0. The maximum absolute atomic E-state index is 12.5. The van der Waals surface area contributed by atoms with Gasteiger partial charge >= 0.3 is 0 Å². The van der Waals surface area contributed by atoms with Crippen molar-refractivity contribution >= 4 is 5.91 Å². The second-order valence-corrected chi connectivity index (χ2v) is 5.64. The lowest BCUT2D eigenvalue weighted by Gasteiger charge is -2.25. The average molecular weight is 290 g/mol. The molecule has 1 aromatic carbocycles. The molecule has 0 bridgehead atoms. The first-order valence-corrected chi connectivity index (χ1v) is 7.83. The Hall–Kier alpha value is -1.55. The van der Waals surface area contributed by atoms with E-state index in [9.17, 15) is 4.79 Å². The highest BCUT2D eigenvalue weighted by molar-refractivity contribution is 5.84. The van der Waals surface area contributed by atoms with Gasteiger partial charge in [0.15, 0.2) is 0 Å². The Morgan fingerprint density at radius 3 is 2.67 bits per heavy atom. The molecule has 0 aromatic heterocycles. The number of benzene rings is 1. The Balaban J connectivity index is 2.26. The van der Waals surface area contributed by atoms with E-state index in [0.717, 1.165) is 42.7 Å². The molecule has 1 heterocycles. The third-order valence-electron chi connectivity index (χ3n) is 4.15. The molecule has 2 rings (SSSR count). The van der Waals surface area contributed by atoms with Crippen molar-refractivity contribution < 1.29 is 9.53 Å². The number of carbonyl (C=O) groups excluding carboxylic acids is 1. The van der Waals surface area contributed by atoms with Gasteiger partial charge in [-0.3, -0.25) is 10.1 Å². The van der Waals surface area contributed by atoms with Crippen LogP contribution in [0.5, 0.6) is 5.75 Å². The van der Waals surface area contributed by atoms with Gasteiger partial charge in [0.2, 0.25) is 5.91 Å². The summed E-state index contributed by atoms with van der Waals surface area (Å²) in [5, 5.41) is 3.47. The fraction of sp³-hybridized carbons (Fsp3) is 0.588. The molecule has 0 saturated carbocycles. The van der Waals surface area contributed by atoms with Gasteiger partial charge in [0, 0.05) is 6.54 Å². The molecule has 1 saturated heterocycles. The number of rotatable bonds is 6. The van der Waals surface area contributed by atoms with Gasteiger partial charge in [0.05, 0.1) is 13.2 Å². The molecule has 2 atom stereocenters. The van der Waals surface area contributed by atoms with Crippen molar-refractivity contribution in [2.24, 2.45) is 0 Å². The molecule has 2 unspecified atom stereocenters. The first-order valence-electron chi connectivity index (χ1n) is 7.83. The number of methoxy groups -OCH3 is 1. The van der Waals surface area contributed by atoms with Gasteiger partial charge in [-0.05, 0) is 43.0 Å². The van der Waals surface area contributed by atoms with Gasteiger partial charge in [0.25, 0.3) is 0 Å². The standard InChI is InChI=1S/C17H26N2O2/c1-5-7-10-19-16(18-14(6-2)17(19)20)13-8-9-15(21-4)12(3)11-13/h8-9,11,14,16,18H,5-7,10H2,1-4H3. The molecule has 0 aliphatic carbocycles. The van der Waals surface area contributed by atoms with Crippen molar-refractivity contribution in [2.45, 2.75) is 52.2 Å². The summed E-state index contributed by atoms with van der Waals surface area (Å²) in [5.74, 6) is 1.11. The average Bonchev–Trinajstić information content (AvgIpc) is 2.81. The maximum Gasteiger partial charge on any atom is 0.241 e. The zero-order valence-electron chi connectivity index (χ0n) is 13.5. The van der Waals surface area contributed by atoms with Gasteiger partial charge in [-0.15, -0.1) is 0 Å². The fourth-order valence-electron chi connectivity index (χ4n) is 2.89. The number of hydrogen-bond acceptors (Lipinski definition) is 3. The lowest BCUT2D eigenvalue weighted by Crippen LogP contribution is -2.31. The molecule has 116 valence electrons. The van der Waals surface area contributed by atoms with Gasteiger partial charge < -0.3 is 9.64 Å². The number of amides is 1. The lowest BCUT2D eigenvalue weighted by molar-refractivity contribution is -0.130. The summed E-state index contributed by atoms with van der Waals surface area (Å²) in [6.45, 7) is 7.05. The van der Waals surface area contributed by atoms with Crippen LogP contribution in [-0.2, 0) is 4.79 Å². The highest BCUT2D eigenvalue weighted by Gasteiger charge is 2.38. The van der Waals surface area contributed by atoms with Crippen LogP contribution in [0.25, 0.3) is 0 Å². The molecular formula is C17H26N2O2. The Bertz CT molecular complexity index is 502. The fourth-order valence-corrected chi connectivity index (χ4v) is 2.89. The van der Waals surface area contributed by atoms with Crippen LogP contribution in [0.3, 0.4) is 0 Å². The monoisotopic (exact) mass is 290 g/mol. The Morgan fingerprint density at radius 2 is 2.10 bits per heavy atom.